The minimum atomic E-state index is -3.01. The fourth-order valence-corrected chi connectivity index (χ4v) is 5.79. The molecule has 1 fully saturated rings. The normalized spacial score (nSPS) is 16.9. The Bertz CT molecular complexity index is 1730. The Morgan fingerprint density at radius 2 is 2.00 bits per heavy atom. The minimum Gasteiger partial charge on any atom is -0.496 e. The number of aryl methyl sites for hydroxylation is 1. The fourth-order valence-electron chi connectivity index (χ4n) is 5.79. The molecule has 0 saturated heterocycles. The van der Waals surface area contributed by atoms with Gasteiger partial charge in [0.15, 0.2) is 5.82 Å². The summed E-state index contributed by atoms with van der Waals surface area (Å²) in [6.07, 6.45) is 4.97. The Labute approximate surface area is 229 Å². The number of ether oxygens (including phenoxy) is 1. The van der Waals surface area contributed by atoms with Crippen molar-refractivity contribution in [1.29, 1.82) is 0 Å². The molecule has 0 unspecified atom stereocenters. The fraction of sp³-hybridized carbons (Fsp3) is 0.379. The summed E-state index contributed by atoms with van der Waals surface area (Å²) in [7, 11) is 3.46. The number of nitrogens with zero attached hydrogens (tertiary/aromatic N) is 6. The third-order valence-corrected chi connectivity index (χ3v) is 8.03. The SMILES string of the molecule is CCN1Cc2[nH]c(-c3ccc(-c4nc(Cc5ccc6[nH]ncc6c5C5CC5)n(C)n4)cc3OC)nc2C(F)(F)C1. The number of nitrogens with one attached hydrogen (secondary N) is 2. The maximum Gasteiger partial charge on any atom is 0.303 e. The first-order valence-electron chi connectivity index (χ1n) is 13.6. The summed E-state index contributed by atoms with van der Waals surface area (Å²) in [4.78, 5) is 14.0. The standard InChI is InChI=1S/C29H30F2N8O/c1-4-39-14-22-26(29(30,31)15-39)35-28(33-22)19-9-7-18(11-23(19)40-3)27-34-24(38(2)37-27)12-17-8-10-21-20(13-32-36-21)25(17)16-5-6-16/h7-11,13,16H,4-6,12,14-15H2,1-3H3,(H,32,36)(H,33,35). The Morgan fingerprint density at radius 3 is 2.77 bits per heavy atom. The summed E-state index contributed by atoms with van der Waals surface area (Å²) in [5.41, 5.74) is 5.29. The monoisotopic (exact) mass is 544 g/mol. The van der Waals surface area contributed by atoms with Crippen LogP contribution in [0.5, 0.6) is 5.75 Å². The second kappa shape index (κ2) is 9.22. The molecule has 9 nitrogen and oxygen atoms in total. The maximum atomic E-state index is 14.8. The zero-order valence-electron chi connectivity index (χ0n) is 22.6. The Kier molecular flexibility index (Phi) is 5.74. The molecular formula is C29H30F2N8O. The quantitative estimate of drug-likeness (QED) is 0.294. The van der Waals surface area contributed by atoms with Crippen LogP contribution in [0.3, 0.4) is 0 Å². The number of halogens is 2. The van der Waals surface area contributed by atoms with Crippen molar-refractivity contribution in [2.24, 2.45) is 7.05 Å². The van der Waals surface area contributed by atoms with Gasteiger partial charge in [-0.1, -0.05) is 19.1 Å². The highest BCUT2D eigenvalue weighted by atomic mass is 19.3. The topological polar surface area (TPSA) is 101 Å². The molecule has 2 aromatic carbocycles. The molecule has 0 amide bonds. The lowest BCUT2D eigenvalue weighted by Gasteiger charge is -2.30. The molecule has 40 heavy (non-hydrogen) atoms. The number of rotatable bonds is 7. The van der Waals surface area contributed by atoms with Crippen LogP contribution in [0.4, 0.5) is 8.78 Å². The van der Waals surface area contributed by atoms with E-state index < -0.39 is 5.92 Å². The van der Waals surface area contributed by atoms with Gasteiger partial charge in [-0.3, -0.25) is 14.7 Å². The van der Waals surface area contributed by atoms with E-state index in [9.17, 15) is 8.78 Å². The molecule has 1 saturated carbocycles. The zero-order chi connectivity index (χ0) is 27.6. The molecule has 2 N–H and O–H groups in total. The molecule has 5 aromatic rings. The lowest BCUT2D eigenvalue weighted by atomic mass is 9.96. The van der Waals surface area contributed by atoms with Crippen molar-refractivity contribution in [3.63, 3.8) is 0 Å². The van der Waals surface area contributed by atoms with Crippen molar-refractivity contribution in [1.82, 2.24) is 39.8 Å². The van der Waals surface area contributed by atoms with Gasteiger partial charge in [-0.25, -0.2) is 9.97 Å². The van der Waals surface area contributed by atoms with Gasteiger partial charge in [-0.15, -0.1) is 0 Å². The molecule has 1 aliphatic carbocycles. The summed E-state index contributed by atoms with van der Waals surface area (Å²) >= 11 is 0. The van der Waals surface area contributed by atoms with E-state index in [0.717, 1.165) is 16.9 Å². The van der Waals surface area contributed by atoms with Crippen LogP contribution in [-0.2, 0) is 25.9 Å². The van der Waals surface area contributed by atoms with Crippen LogP contribution in [0, 0.1) is 0 Å². The van der Waals surface area contributed by atoms with Crippen LogP contribution >= 0.6 is 0 Å². The zero-order valence-corrected chi connectivity index (χ0v) is 22.6. The lowest BCUT2D eigenvalue weighted by molar-refractivity contribution is -0.0548. The summed E-state index contributed by atoms with van der Waals surface area (Å²) < 4.78 is 37.1. The smallest absolute Gasteiger partial charge is 0.303 e. The average Bonchev–Trinajstić information content (AvgIpc) is 3.32. The number of hydrogen-bond donors (Lipinski definition) is 2. The lowest BCUT2D eigenvalue weighted by Crippen LogP contribution is -2.40. The first-order valence-corrected chi connectivity index (χ1v) is 13.6. The molecule has 2 aliphatic rings. The van der Waals surface area contributed by atoms with Crippen LogP contribution in [0.2, 0.25) is 0 Å². The van der Waals surface area contributed by atoms with E-state index in [-0.39, 0.29) is 12.2 Å². The van der Waals surface area contributed by atoms with Gasteiger partial charge in [0.25, 0.3) is 0 Å². The highest BCUT2D eigenvalue weighted by molar-refractivity contribution is 5.84. The second-order valence-corrected chi connectivity index (χ2v) is 10.7. The van der Waals surface area contributed by atoms with Crippen molar-refractivity contribution < 1.29 is 13.5 Å². The van der Waals surface area contributed by atoms with E-state index in [1.807, 2.05) is 43.0 Å². The van der Waals surface area contributed by atoms with Crippen LogP contribution in [-0.4, -0.2) is 60.0 Å². The molecule has 7 rings (SSSR count). The van der Waals surface area contributed by atoms with Gasteiger partial charge in [0.05, 0.1) is 36.6 Å². The molecule has 0 spiro atoms. The third-order valence-electron chi connectivity index (χ3n) is 8.03. The number of imidazole rings is 1. The largest absolute Gasteiger partial charge is 0.496 e. The van der Waals surface area contributed by atoms with Gasteiger partial charge in [0.2, 0.25) is 0 Å². The number of aromatic amines is 2. The molecule has 0 atom stereocenters. The van der Waals surface area contributed by atoms with E-state index in [0.29, 0.717) is 54.1 Å². The molecule has 0 radical (unpaired) electrons. The van der Waals surface area contributed by atoms with E-state index in [2.05, 4.69) is 32.3 Å². The summed E-state index contributed by atoms with van der Waals surface area (Å²) in [5.74, 6) is -0.148. The molecule has 4 heterocycles. The Hall–Kier alpha value is -4.12. The summed E-state index contributed by atoms with van der Waals surface area (Å²) in [5, 5.41) is 13.2. The molecule has 206 valence electrons. The van der Waals surface area contributed by atoms with Gasteiger partial charge in [-0.05, 0) is 54.6 Å². The highest BCUT2D eigenvalue weighted by Crippen LogP contribution is 2.45. The number of fused-ring (bicyclic) bond motifs is 2. The predicted octanol–water partition coefficient (Wildman–Crippen LogP) is 5.15. The maximum absolute atomic E-state index is 14.8. The van der Waals surface area contributed by atoms with Crippen molar-refractivity contribution in [2.45, 2.75) is 44.6 Å². The Morgan fingerprint density at radius 1 is 1.15 bits per heavy atom. The number of H-pyrrole nitrogens is 2. The number of benzene rings is 2. The second-order valence-electron chi connectivity index (χ2n) is 10.7. The number of alkyl halides is 2. The van der Waals surface area contributed by atoms with Crippen LogP contribution in [0.15, 0.2) is 36.5 Å². The van der Waals surface area contributed by atoms with Crippen molar-refractivity contribution >= 4 is 10.9 Å². The van der Waals surface area contributed by atoms with Gasteiger partial charge in [-0.2, -0.15) is 19.0 Å². The van der Waals surface area contributed by atoms with Crippen LogP contribution in [0.1, 0.15) is 54.0 Å². The molecule has 0 bridgehead atoms. The van der Waals surface area contributed by atoms with Crippen molar-refractivity contribution in [3.8, 4) is 28.5 Å². The average molecular weight is 545 g/mol. The third kappa shape index (κ3) is 4.16. The van der Waals surface area contributed by atoms with Gasteiger partial charge in [0, 0.05) is 31.0 Å². The summed E-state index contributed by atoms with van der Waals surface area (Å²) in [6, 6.07) is 9.77. The number of methoxy groups -OCH3 is 1. The first kappa shape index (κ1) is 24.9. The molecule has 1 aliphatic heterocycles. The number of hydrogen-bond acceptors (Lipinski definition) is 6. The Balaban J connectivity index is 1.20. The molecule has 11 heteroatoms. The van der Waals surface area contributed by atoms with E-state index in [1.54, 1.807) is 12.0 Å². The highest BCUT2D eigenvalue weighted by Gasteiger charge is 2.43. The predicted molar refractivity (Wildman–Crippen MR) is 146 cm³/mol. The van der Waals surface area contributed by atoms with Crippen LogP contribution in [0.25, 0.3) is 33.7 Å². The van der Waals surface area contributed by atoms with E-state index in [1.165, 1.54) is 29.4 Å². The molecular weight excluding hydrogens is 514 g/mol. The number of likely N-dealkylation sites (N-methyl/N-ethyl adjacent to an activating group) is 1. The van der Waals surface area contributed by atoms with Crippen molar-refractivity contribution in [2.75, 3.05) is 20.2 Å². The van der Waals surface area contributed by atoms with Crippen LogP contribution < -0.4 is 4.74 Å². The van der Waals surface area contributed by atoms with Gasteiger partial charge < -0.3 is 9.72 Å². The first-order chi connectivity index (χ1) is 19.3. The summed E-state index contributed by atoms with van der Waals surface area (Å²) in [6.45, 7) is 2.50. The van der Waals surface area contributed by atoms with Gasteiger partial charge >= 0.3 is 5.92 Å². The van der Waals surface area contributed by atoms with Crippen molar-refractivity contribution in [3.05, 3.63) is 64.9 Å². The number of aromatic nitrogens is 7. The van der Waals surface area contributed by atoms with E-state index in [4.69, 9.17) is 14.8 Å². The van der Waals surface area contributed by atoms with E-state index >= 15 is 0 Å². The minimum absolute atomic E-state index is 0.187. The molecule has 3 aromatic heterocycles. The van der Waals surface area contributed by atoms with Gasteiger partial charge in [0.1, 0.15) is 23.1 Å².